The van der Waals surface area contributed by atoms with Gasteiger partial charge >= 0.3 is 0 Å². The van der Waals surface area contributed by atoms with Crippen molar-refractivity contribution in [2.24, 2.45) is 7.05 Å². The second-order valence-electron chi connectivity index (χ2n) is 6.55. The van der Waals surface area contributed by atoms with Crippen LogP contribution in [0.3, 0.4) is 0 Å². The van der Waals surface area contributed by atoms with Crippen molar-refractivity contribution in [3.63, 3.8) is 0 Å². The lowest BCUT2D eigenvalue weighted by molar-refractivity contribution is -0.121. The third-order valence-electron chi connectivity index (χ3n) is 4.96. The van der Waals surface area contributed by atoms with Crippen molar-refractivity contribution in [3.05, 3.63) is 34.2 Å². The molecule has 1 amide bonds. The Morgan fingerprint density at radius 3 is 3.00 bits per heavy atom. The number of nitrogens with one attached hydrogen (secondary N) is 1. The number of ether oxygens (including phenoxy) is 1. The van der Waals surface area contributed by atoms with E-state index in [4.69, 9.17) is 4.74 Å². The summed E-state index contributed by atoms with van der Waals surface area (Å²) in [6.07, 6.45) is 4.76. The van der Waals surface area contributed by atoms with Crippen LogP contribution in [0.25, 0.3) is 0 Å². The summed E-state index contributed by atoms with van der Waals surface area (Å²) >= 11 is 1.84. The second kappa shape index (κ2) is 6.31. The number of anilines is 1. The molecule has 0 atom stereocenters. The molecule has 128 valence electrons. The van der Waals surface area contributed by atoms with Crippen LogP contribution in [0.1, 0.15) is 23.3 Å². The number of hydrogen-bond donors (Lipinski definition) is 1. The summed E-state index contributed by atoms with van der Waals surface area (Å²) in [6, 6.07) is 4.03. The van der Waals surface area contributed by atoms with Gasteiger partial charge in [0.15, 0.2) is 5.82 Å². The van der Waals surface area contributed by atoms with Crippen LogP contribution in [-0.2, 0) is 28.6 Å². The van der Waals surface area contributed by atoms with Gasteiger partial charge in [0, 0.05) is 43.7 Å². The Kier molecular flexibility index (Phi) is 4.15. The van der Waals surface area contributed by atoms with E-state index in [-0.39, 0.29) is 11.5 Å². The molecule has 0 aromatic carbocycles. The molecule has 0 unspecified atom stereocenters. The Balaban J connectivity index is 1.35. The molecule has 1 spiro atoms. The normalized spacial score (nSPS) is 20.0. The molecule has 4 rings (SSSR count). The van der Waals surface area contributed by atoms with Crippen molar-refractivity contribution in [3.8, 4) is 0 Å². The van der Waals surface area contributed by atoms with E-state index in [9.17, 15) is 4.79 Å². The molecular formula is C17H22N4O2S. The first-order valence-corrected chi connectivity index (χ1v) is 9.25. The van der Waals surface area contributed by atoms with E-state index in [1.54, 1.807) is 10.7 Å². The molecule has 2 aliphatic heterocycles. The maximum atomic E-state index is 12.2. The summed E-state index contributed by atoms with van der Waals surface area (Å²) in [5.74, 6) is 0.597. The number of rotatable bonds is 3. The largest absolute Gasteiger partial charge is 0.370 e. The number of carbonyl (C=O) groups is 1. The van der Waals surface area contributed by atoms with Crippen LogP contribution in [0.15, 0.2) is 23.7 Å². The van der Waals surface area contributed by atoms with Crippen molar-refractivity contribution in [1.82, 2.24) is 14.7 Å². The van der Waals surface area contributed by atoms with Crippen LogP contribution >= 0.6 is 11.3 Å². The Morgan fingerprint density at radius 1 is 1.42 bits per heavy atom. The van der Waals surface area contributed by atoms with Gasteiger partial charge in [0.05, 0.1) is 18.8 Å². The fourth-order valence-corrected chi connectivity index (χ4v) is 4.66. The van der Waals surface area contributed by atoms with E-state index < -0.39 is 0 Å². The van der Waals surface area contributed by atoms with Crippen LogP contribution in [0.4, 0.5) is 5.82 Å². The number of nitrogens with zero attached hydrogens (tertiary/aromatic N) is 3. The highest BCUT2D eigenvalue weighted by atomic mass is 32.1. The highest BCUT2D eigenvalue weighted by Crippen LogP contribution is 2.43. The third-order valence-corrected chi connectivity index (χ3v) is 5.94. The highest BCUT2D eigenvalue weighted by molar-refractivity contribution is 7.10. The Bertz CT molecular complexity index is 731. The maximum absolute atomic E-state index is 12.2. The first-order valence-electron chi connectivity index (χ1n) is 8.37. The van der Waals surface area contributed by atoms with E-state index in [1.165, 1.54) is 10.4 Å². The molecule has 6 nitrogen and oxygen atoms in total. The van der Waals surface area contributed by atoms with Gasteiger partial charge in [-0.25, -0.2) is 0 Å². The van der Waals surface area contributed by atoms with Gasteiger partial charge < -0.3 is 10.1 Å². The van der Waals surface area contributed by atoms with E-state index in [0.717, 1.165) is 39.0 Å². The smallest absolute Gasteiger partial charge is 0.239 e. The van der Waals surface area contributed by atoms with Crippen molar-refractivity contribution >= 4 is 23.1 Å². The van der Waals surface area contributed by atoms with Gasteiger partial charge in [0.25, 0.3) is 0 Å². The zero-order chi connectivity index (χ0) is 16.6. The summed E-state index contributed by atoms with van der Waals surface area (Å²) in [5, 5.41) is 9.20. The SMILES string of the molecule is Cn1ccc(NC(=O)CN2CCC3(CC2)OCCc2sccc23)n1. The predicted molar refractivity (Wildman–Crippen MR) is 93.2 cm³/mol. The quantitative estimate of drug-likeness (QED) is 0.923. The monoisotopic (exact) mass is 346 g/mol. The Morgan fingerprint density at radius 2 is 2.25 bits per heavy atom. The van der Waals surface area contributed by atoms with Gasteiger partial charge in [-0.2, -0.15) is 5.10 Å². The topological polar surface area (TPSA) is 59.4 Å². The summed E-state index contributed by atoms with van der Waals surface area (Å²) in [5.41, 5.74) is 1.26. The zero-order valence-corrected chi connectivity index (χ0v) is 14.6. The van der Waals surface area contributed by atoms with Crippen molar-refractivity contribution in [2.45, 2.75) is 24.9 Å². The van der Waals surface area contributed by atoms with E-state index in [1.807, 2.05) is 24.6 Å². The maximum Gasteiger partial charge on any atom is 0.239 e. The Labute approximate surface area is 145 Å². The second-order valence-corrected chi connectivity index (χ2v) is 7.55. The number of fused-ring (bicyclic) bond motifs is 2. The van der Waals surface area contributed by atoms with Gasteiger partial charge in [-0.15, -0.1) is 11.3 Å². The number of aryl methyl sites for hydroxylation is 1. The van der Waals surface area contributed by atoms with Crippen LogP contribution in [-0.4, -0.2) is 46.8 Å². The number of hydrogen-bond acceptors (Lipinski definition) is 5. The molecule has 7 heteroatoms. The van der Waals surface area contributed by atoms with Gasteiger partial charge in [-0.05, 0) is 29.9 Å². The van der Waals surface area contributed by atoms with Crippen molar-refractivity contribution < 1.29 is 9.53 Å². The Hall–Kier alpha value is -1.70. The summed E-state index contributed by atoms with van der Waals surface area (Å²) < 4.78 is 7.89. The average Bonchev–Trinajstić information content (AvgIpc) is 3.20. The number of carbonyl (C=O) groups excluding carboxylic acids is 1. The molecule has 0 aliphatic carbocycles. The number of amides is 1. The minimum atomic E-state index is -0.123. The lowest BCUT2D eigenvalue weighted by Gasteiger charge is -2.43. The number of aromatic nitrogens is 2. The molecule has 0 saturated carbocycles. The fourth-order valence-electron chi connectivity index (χ4n) is 3.71. The minimum Gasteiger partial charge on any atom is -0.370 e. The molecule has 1 fully saturated rings. The van der Waals surface area contributed by atoms with E-state index in [0.29, 0.717) is 12.4 Å². The third kappa shape index (κ3) is 2.99. The van der Waals surface area contributed by atoms with Crippen LogP contribution in [0, 0.1) is 0 Å². The van der Waals surface area contributed by atoms with Crippen LogP contribution in [0.5, 0.6) is 0 Å². The first-order chi connectivity index (χ1) is 11.6. The van der Waals surface area contributed by atoms with Crippen molar-refractivity contribution in [2.75, 3.05) is 31.6 Å². The molecule has 2 aromatic heterocycles. The number of piperidine rings is 1. The lowest BCUT2D eigenvalue weighted by Crippen LogP contribution is -2.48. The van der Waals surface area contributed by atoms with Crippen LogP contribution < -0.4 is 5.32 Å². The summed E-state index contributed by atoms with van der Waals surface area (Å²) in [6.45, 7) is 2.98. The highest BCUT2D eigenvalue weighted by Gasteiger charge is 2.41. The van der Waals surface area contributed by atoms with Gasteiger partial charge in [-0.1, -0.05) is 0 Å². The molecular weight excluding hydrogens is 324 g/mol. The predicted octanol–water partition coefficient (Wildman–Crippen LogP) is 1.98. The average molecular weight is 346 g/mol. The van der Waals surface area contributed by atoms with Gasteiger partial charge in [0.1, 0.15) is 0 Å². The van der Waals surface area contributed by atoms with Crippen molar-refractivity contribution in [1.29, 1.82) is 0 Å². The molecule has 0 radical (unpaired) electrons. The minimum absolute atomic E-state index is 0.00886. The van der Waals surface area contributed by atoms with Crippen LogP contribution in [0.2, 0.25) is 0 Å². The van der Waals surface area contributed by atoms with Gasteiger partial charge in [0.2, 0.25) is 5.91 Å². The fraction of sp³-hybridized carbons (Fsp3) is 0.529. The molecule has 2 aromatic rings. The molecule has 4 heterocycles. The summed E-state index contributed by atoms with van der Waals surface area (Å²) in [7, 11) is 1.84. The molecule has 2 aliphatic rings. The molecule has 1 saturated heterocycles. The molecule has 1 N–H and O–H groups in total. The zero-order valence-electron chi connectivity index (χ0n) is 13.8. The number of thiophene rings is 1. The molecule has 24 heavy (non-hydrogen) atoms. The molecule has 0 bridgehead atoms. The van der Waals surface area contributed by atoms with E-state index in [2.05, 4.69) is 26.8 Å². The number of likely N-dealkylation sites (tertiary alicyclic amines) is 1. The first kappa shape index (κ1) is 15.8. The summed E-state index contributed by atoms with van der Waals surface area (Å²) in [4.78, 5) is 15.9. The van der Waals surface area contributed by atoms with E-state index >= 15 is 0 Å². The van der Waals surface area contributed by atoms with Gasteiger partial charge in [-0.3, -0.25) is 14.4 Å². The standard InChI is InChI=1S/C17H22N4O2S/c1-20-7-2-15(19-20)18-16(22)12-21-8-5-17(6-9-21)13-4-11-24-14(13)3-10-23-17/h2,4,7,11H,3,5-6,8-10,12H2,1H3,(H,18,19,22). The lowest BCUT2D eigenvalue weighted by atomic mass is 9.82.